The molecule has 0 bridgehead atoms. The van der Waals surface area contributed by atoms with Crippen LogP contribution in [0.4, 0.5) is 13.2 Å². The number of sulfonamides is 1. The van der Waals surface area contributed by atoms with Gasteiger partial charge in [-0.15, -0.1) is 0 Å². The van der Waals surface area contributed by atoms with Crippen LogP contribution in [-0.4, -0.2) is 42.8 Å². The number of halogens is 3. The van der Waals surface area contributed by atoms with Crippen LogP contribution >= 0.6 is 0 Å². The van der Waals surface area contributed by atoms with Crippen LogP contribution in [0.15, 0.2) is 89.8 Å². The van der Waals surface area contributed by atoms with E-state index < -0.39 is 21.8 Å². The van der Waals surface area contributed by atoms with Gasteiger partial charge in [0.05, 0.1) is 10.5 Å². The zero-order valence-corrected chi connectivity index (χ0v) is 19.6. The van der Waals surface area contributed by atoms with Gasteiger partial charge in [0.2, 0.25) is 10.0 Å². The quantitative estimate of drug-likeness (QED) is 0.478. The molecule has 3 aromatic rings. The van der Waals surface area contributed by atoms with E-state index >= 15 is 0 Å². The van der Waals surface area contributed by atoms with Crippen LogP contribution in [0.5, 0.6) is 0 Å². The Morgan fingerprint density at radius 2 is 1.38 bits per heavy atom. The number of nitrogens with zero attached hydrogens (tertiary/aromatic N) is 2. The highest BCUT2D eigenvalue weighted by molar-refractivity contribution is 7.89. The fourth-order valence-electron chi connectivity index (χ4n) is 4.46. The molecular weight excluding hydrogens is 461 g/mol. The van der Waals surface area contributed by atoms with Gasteiger partial charge in [-0.2, -0.15) is 17.5 Å². The van der Waals surface area contributed by atoms with Crippen LogP contribution < -0.4 is 0 Å². The standard InChI is InChI=1S/C26H27F3N2O2S/c1-20-17-30(18-22-10-6-3-7-11-22)24(16-21-8-4-2-5-9-21)19-31(20)34(32,33)25-14-12-23(13-15-25)26(27,28)29/h2-15,20,24H,16-19H2,1H3/t20-,24-/m1/s1. The molecule has 1 fully saturated rings. The highest BCUT2D eigenvalue weighted by Gasteiger charge is 2.39. The summed E-state index contributed by atoms with van der Waals surface area (Å²) < 4.78 is 67.2. The van der Waals surface area contributed by atoms with E-state index in [1.54, 1.807) is 0 Å². The Labute approximate surface area is 198 Å². The van der Waals surface area contributed by atoms with Crippen molar-refractivity contribution in [3.05, 3.63) is 102 Å². The second kappa shape index (κ2) is 9.90. The summed E-state index contributed by atoms with van der Waals surface area (Å²) in [5.41, 5.74) is 1.38. The summed E-state index contributed by atoms with van der Waals surface area (Å²) in [4.78, 5) is 2.17. The Kier molecular flexibility index (Phi) is 7.12. The van der Waals surface area contributed by atoms with Gasteiger partial charge in [-0.05, 0) is 48.7 Å². The van der Waals surface area contributed by atoms with E-state index in [4.69, 9.17) is 0 Å². The molecule has 3 aromatic carbocycles. The lowest BCUT2D eigenvalue weighted by Crippen LogP contribution is -2.59. The number of rotatable bonds is 6. The van der Waals surface area contributed by atoms with Crippen LogP contribution in [0.25, 0.3) is 0 Å². The molecule has 0 amide bonds. The number of benzene rings is 3. The zero-order valence-electron chi connectivity index (χ0n) is 18.8. The largest absolute Gasteiger partial charge is 0.416 e. The summed E-state index contributed by atoms with van der Waals surface area (Å²) in [5.74, 6) is 0. The fraction of sp³-hybridized carbons (Fsp3) is 0.308. The van der Waals surface area contributed by atoms with Crippen molar-refractivity contribution in [3.8, 4) is 0 Å². The summed E-state index contributed by atoms with van der Waals surface area (Å²) in [7, 11) is -3.96. The van der Waals surface area contributed by atoms with E-state index in [0.29, 0.717) is 19.5 Å². The Morgan fingerprint density at radius 1 is 0.824 bits per heavy atom. The molecule has 1 aliphatic heterocycles. The second-order valence-corrected chi connectivity index (χ2v) is 10.6. The van der Waals surface area contributed by atoms with Crippen LogP contribution in [0, 0.1) is 0 Å². The fourth-order valence-corrected chi connectivity index (χ4v) is 6.12. The van der Waals surface area contributed by atoms with E-state index in [1.807, 2.05) is 55.5 Å². The van der Waals surface area contributed by atoms with Crippen molar-refractivity contribution in [2.45, 2.75) is 43.0 Å². The van der Waals surface area contributed by atoms with Gasteiger partial charge < -0.3 is 0 Å². The maximum atomic E-state index is 13.4. The van der Waals surface area contributed by atoms with E-state index in [-0.39, 0.29) is 23.5 Å². The lowest BCUT2D eigenvalue weighted by atomic mass is 10.0. The predicted octanol–water partition coefficient (Wildman–Crippen LogP) is 5.21. The predicted molar refractivity (Wildman–Crippen MR) is 126 cm³/mol. The minimum Gasteiger partial charge on any atom is -0.293 e. The van der Waals surface area contributed by atoms with Gasteiger partial charge in [-0.25, -0.2) is 8.42 Å². The van der Waals surface area contributed by atoms with E-state index in [2.05, 4.69) is 17.0 Å². The molecule has 0 unspecified atom stereocenters. The first-order valence-electron chi connectivity index (χ1n) is 11.2. The third kappa shape index (κ3) is 5.51. The highest BCUT2D eigenvalue weighted by Crippen LogP contribution is 2.31. The Bertz CT molecular complexity index is 1180. The minimum absolute atomic E-state index is 0.0805. The van der Waals surface area contributed by atoms with Crippen molar-refractivity contribution in [1.82, 2.24) is 9.21 Å². The second-order valence-electron chi connectivity index (χ2n) is 8.70. The highest BCUT2D eigenvalue weighted by atomic mass is 32.2. The first-order chi connectivity index (χ1) is 16.1. The van der Waals surface area contributed by atoms with Gasteiger partial charge in [0.15, 0.2) is 0 Å². The van der Waals surface area contributed by atoms with Crippen molar-refractivity contribution in [2.24, 2.45) is 0 Å². The van der Waals surface area contributed by atoms with Gasteiger partial charge in [0.1, 0.15) is 0 Å². The number of hydrogen-bond acceptors (Lipinski definition) is 3. The van der Waals surface area contributed by atoms with Crippen LogP contribution in [0.1, 0.15) is 23.6 Å². The van der Waals surface area contributed by atoms with Gasteiger partial charge in [-0.1, -0.05) is 60.7 Å². The van der Waals surface area contributed by atoms with E-state index in [9.17, 15) is 21.6 Å². The molecule has 0 spiro atoms. The van der Waals surface area contributed by atoms with Crippen molar-refractivity contribution in [3.63, 3.8) is 0 Å². The summed E-state index contributed by atoms with van der Waals surface area (Å²) in [5, 5.41) is 0. The Hall–Kier alpha value is -2.68. The van der Waals surface area contributed by atoms with Gasteiger partial charge >= 0.3 is 6.18 Å². The van der Waals surface area contributed by atoms with Gasteiger partial charge in [0, 0.05) is 31.7 Å². The zero-order chi connectivity index (χ0) is 24.3. The molecule has 0 aliphatic carbocycles. The Balaban J connectivity index is 1.61. The molecule has 0 aromatic heterocycles. The average Bonchev–Trinajstić information content (AvgIpc) is 2.81. The molecule has 0 radical (unpaired) electrons. The lowest BCUT2D eigenvalue weighted by Gasteiger charge is -2.44. The molecule has 8 heteroatoms. The Morgan fingerprint density at radius 3 is 1.94 bits per heavy atom. The van der Waals surface area contributed by atoms with Gasteiger partial charge in [0.25, 0.3) is 0 Å². The van der Waals surface area contributed by atoms with Crippen LogP contribution in [0.2, 0.25) is 0 Å². The molecule has 4 rings (SSSR count). The molecule has 1 heterocycles. The SMILES string of the molecule is C[C@@H]1CN(Cc2ccccc2)[C@H](Cc2ccccc2)CN1S(=O)(=O)c1ccc(C(F)(F)F)cc1. The van der Waals surface area contributed by atoms with Crippen molar-refractivity contribution >= 4 is 10.0 Å². The molecule has 180 valence electrons. The first-order valence-corrected chi connectivity index (χ1v) is 12.6. The average molecular weight is 489 g/mol. The first kappa shape index (κ1) is 24.4. The monoisotopic (exact) mass is 488 g/mol. The topological polar surface area (TPSA) is 40.6 Å². The van der Waals surface area contributed by atoms with Crippen molar-refractivity contribution in [1.29, 1.82) is 0 Å². The molecule has 4 nitrogen and oxygen atoms in total. The molecule has 0 saturated carbocycles. The van der Waals surface area contributed by atoms with Crippen LogP contribution in [0.3, 0.4) is 0 Å². The molecule has 34 heavy (non-hydrogen) atoms. The smallest absolute Gasteiger partial charge is 0.293 e. The molecule has 1 aliphatic rings. The lowest BCUT2D eigenvalue weighted by molar-refractivity contribution is -0.137. The molecular formula is C26H27F3N2O2S. The number of alkyl halides is 3. The van der Waals surface area contributed by atoms with E-state index in [0.717, 1.165) is 35.4 Å². The van der Waals surface area contributed by atoms with Gasteiger partial charge in [-0.3, -0.25) is 4.90 Å². The summed E-state index contributed by atoms with van der Waals surface area (Å²) in [6, 6.07) is 23.3. The maximum Gasteiger partial charge on any atom is 0.416 e. The van der Waals surface area contributed by atoms with Crippen molar-refractivity contribution < 1.29 is 21.6 Å². The third-order valence-electron chi connectivity index (χ3n) is 6.23. The molecule has 0 N–H and O–H groups in total. The number of hydrogen-bond donors (Lipinski definition) is 0. The summed E-state index contributed by atoms with van der Waals surface area (Å²) in [6.45, 7) is 3.31. The summed E-state index contributed by atoms with van der Waals surface area (Å²) >= 11 is 0. The normalized spacial score (nSPS) is 20.4. The van der Waals surface area contributed by atoms with Crippen molar-refractivity contribution in [2.75, 3.05) is 13.1 Å². The maximum absolute atomic E-state index is 13.4. The van der Waals surface area contributed by atoms with Crippen LogP contribution in [-0.2, 0) is 29.2 Å². The van der Waals surface area contributed by atoms with E-state index in [1.165, 1.54) is 4.31 Å². The molecule has 1 saturated heterocycles. The minimum atomic E-state index is -4.51. The third-order valence-corrected chi connectivity index (χ3v) is 8.22. The molecule has 2 atom stereocenters. The number of piperazine rings is 1. The summed E-state index contributed by atoms with van der Waals surface area (Å²) in [6.07, 6.45) is -3.85.